The van der Waals surface area contributed by atoms with Gasteiger partial charge in [0.25, 0.3) is 0 Å². The highest BCUT2D eigenvalue weighted by Crippen LogP contribution is 2.38. The van der Waals surface area contributed by atoms with Gasteiger partial charge in [-0.2, -0.15) is 0 Å². The number of halogens is 1. The van der Waals surface area contributed by atoms with E-state index in [2.05, 4.69) is 47.8 Å². The first kappa shape index (κ1) is 16.9. The molecule has 4 heteroatoms. The molecule has 0 bridgehead atoms. The zero-order chi connectivity index (χ0) is 18.3. The van der Waals surface area contributed by atoms with E-state index in [4.69, 9.17) is 9.47 Å². The molecule has 2 fully saturated rings. The third-order valence-corrected chi connectivity index (χ3v) is 5.71. The maximum absolute atomic E-state index is 13.2. The van der Waals surface area contributed by atoms with E-state index in [-0.39, 0.29) is 17.8 Å². The van der Waals surface area contributed by atoms with Gasteiger partial charge in [0.15, 0.2) is 0 Å². The van der Waals surface area contributed by atoms with Crippen molar-refractivity contribution in [3.63, 3.8) is 0 Å². The second kappa shape index (κ2) is 6.71. The first-order chi connectivity index (χ1) is 13.2. The SMILES string of the molecule is Fc1ccc([C@H]2COC3(COC[C@H](c4ccc5ccccc5c4)C3)N2)cc1. The van der Waals surface area contributed by atoms with Gasteiger partial charge in [-0.1, -0.05) is 54.6 Å². The summed E-state index contributed by atoms with van der Waals surface area (Å²) in [6, 6.07) is 21.7. The van der Waals surface area contributed by atoms with Crippen molar-refractivity contribution in [1.29, 1.82) is 0 Å². The first-order valence-corrected chi connectivity index (χ1v) is 9.44. The summed E-state index contributed by atoms with van der Waals surface area (Å²) in [5.41, 5.74) is 1.85. The number of benzene rings is 3. The van der Waals surface area contributed by atoms with Gasteiger partial charge in [-0.05, 0) is 34.0 Å². The van der Waals surface area contributed by atoms with E-state index < -0.39 is 5.72 Å². The molecule has 3 aromatic rings. The summed E-state index contributed by atoms with van der Waals surface area (Å²) in [5.74, 6) is 0.0626. The Bertz CT molecular complexity index is 958. The third-order valence-electron chi connectivity index (χ3n) is 5.71. The summed E-state index contributed by atoms with van der Waals surface area (Å²) in [5, 5.41) is 6.11. The van der Waals surface area contributed by atoms with Crippen molar-refractivity contribution in [1.82, 2.24) is 5.32 Å². The Labute approximate surface area is 158 Å². The van der Waals surface area contributed by atoms with Crippen LogP contribution in [-0.2, 0) is 9.47 Å². The average Bonchev–Trinajstić information content (AvgIpc) is 3.11. The van der Waals surface area contributed by atoms with Crippen molar-refractivity contribution < 1.29 is 13.9 Å². The molecule has 3 atom stereocenters. The maximum atomic E-state index is 13.2. The van der Waals surface area contributed by atoms with Gasteiger partial charge < -0.3 is 9.47 Å². The van der Waals surface area contributed by atoms with Crippen LogP contribution in [0.2, 0.25) is 0 Å². The predicted molar refractivity (Wildman–Crippen MR) is 103 cm³/mol. The van der Waals surface area contributed by atoms with Crippen molar-refractivity contribution in [2.45, 2.75) is 24.1 Å². The fourth-order valence-electron chi connectivity index (χ4n) is 4.28. The topological polar surface area (TPSA) is 30.5 Å². The molecule has 2 aliphatic rings. The Hall–Kier alpha value is -2.27. The Kier molecular flexibility index (Phi) is 4.20. The molecule has 0 radical (unpaired) electrons. The molecule has 138 valence electrons. The van der Waals surface area contributed by atoms with Gasteiger partial charge in [-0.25, -0.2) is 4.39 Å². The lowest BCUT2D eigenvalue weighted by atomic mass is 9.88. The van der Waals surface area contributed by atoms with Gasteiger partial charge in [-0.3, -0.25) is 5.32 Å². The van der Waals surface area contributed by atoms with Gasteiger partial charge in [-0.15, -0.1) is 0 Å². The lowest BCUT2D eigenvalue weighted by Crippen LogP contribution is -2.50. The van der Waals surface area contributed by atoms with Crippen molar-refractivity contribution in [3.8, 4) is 0 Å². The number of hydrogen-bond donors (Lipinski definition) is 1. The van der Waals surface area contributed by atoms with Crippen LogP contribution in [0.5, 0.6) is 0 Å². The van der Waals surface area contributed by atoms with Crippen molar-refractivity contribution in [2.75, 3.05) is 19.8 Å². The van der Waals surface area contributed by atoms with Crippen LogP contribution >= 0.6 is 0 Å². The summed E-state index contributed by atoms with van der Waals surface area (Å²) in [6.07, 6.45) is 0.864. The summed E-state index contributed by atoms with van der Waals surface area (Å²) < 4.78 is 25.3. The summed E-state index contributed by atoms with van der Waals surface area (Å²) >= 11 is 0. The standard InChI is InChI=1S/C23H22FNO2/c24-21-9-7-17(8-10-21)22-14-27-23(25-22)12-20(13-26-15-23)19-6-5-16-3-1-2-4-18(16)11-19/h1-11,20,22,25H,12-15H2/t20-,22-,23?/m1/s1. The van der Waals surface area contributed by atoms with E-state index in [1.165, 1.54) is 28.5 Å². The molecule has 2 aliphatic heterocycles. The third kappa shape index (κ3) is 3.25. The van der Waals surface area contributed by atoms with Crippen molar-refractivity contribution in [2.24, 2.45) is 0 Å². The van der Waals surface area contributed by atoms with Crippen LogP contribution < -0.4 is 5.32 Å². The van der Waals surface area contributed by atoms with Gasteiger partial charge in [0.1, 0.15) is 11.5 Å². The molecule has 1 N–H and O–H groups in total. The summed E-state index contributed by atoms with van der Waals surface area (Å²) in [6.45, 7) is 1.81. The van der Waals surface area contributed by atoms with Crippen LogP contribution in [0.4, 0.5) is 4.39 Å². The van der Waals surface area contributed by atoms with Gasteiger partial charge >= 0.3 is 0 Å². The number of hydrogen-bond acceptors (Lipinski definition) is 3. The minimum atomic E-state index is -0.479. The van der Waals surface area contributed by atoms with Crippen LogP contribution in [0.1, 0.15) is 29.5 Å². The molecule has 1 spiro atoms. The lowest BCUT2D eigenvalue weighted by molar-refractivity contribution is -0.117. The average molecular weight is 363 g/mol. The second-order valence-corrected chi connectivity index (χ2v) is 7.58. The van der Waals surface area contributed by atoms with Gasteiger partial charge in [0.2, 0.25) is 0 Å². The number of fused-ring (bicyclic) bond motifs is 1. The van der Waals surface area contributed by atoms with E-state index in [0.717, 1.165) is 12.0 Å². The molecule has 0 amide bonds. The minimum Gasteiger partial charge on any atom is -0.376 e. The quantitative estimate of drug-likeness (QED) is 0.725. The molecule has 3 aromatic carbocycles. The van der Waals surface area contributed by atoms with Crippen LogP contribution in [0.3, 0.4) is 0 Å². The Morgan fingerprint density at radius 1 is 0.889 bits per heavy atom. The van der Waals surface area contributed by atoms with Gasteiger partial charge in [0, 0.05) is 12.3 Å². The molecule has 5 rings (SSSR count). The lowest BCUT2D eigenvalue weighted by Gasteiger charge is -2.37. The molecule has 2 heterocycles. The van der Waals surface area contributed by atoms with Crippen molar-refractivity contribution >= 4 is 10.8 Å². The molecule has 0 aromatic heterocycles. The van der Waals surface area contributed by atoms with Crippen LogP contribution in [0.15, 0.2) is 66.7 Å². The fourth-order valence-corrected chi connectivity index (χ4v) is 4.28. The number of rotatable bonds is 2. The number of nitrogens with one attached hydrogen (secondary N) is 1. The molecular formula is C23H22FNO2. The van der Waals surface area contributed by atoms with E-state index in [0.29, 0.717) is 19.8 Å². The smallest absolute Gasteiger partial charge is 0.144 e. The number of ether oxygens (including phenoxy) is 2. The van der Waals surface area contributed by atoms with E-state index >= 15 is 0 Å². The first-order valence-electron chi connectivity index (χ1n) is 9.44. The largest absolute Gasteiger partial charge is 0.376 e. The van der Waals surface area contributed by atoms with Crippen LogP contribution in [-0.4, -0.2) is 25.5 Å². The minimum absolute atomic E-state index is 0.0598. The Morgan fingerprint density at radius 2 is 1.67 bits per heavy atom. The summed E-state index contributed by atoms with van der Waals surface area (Å²) in [7, 11) is 0. The molecule has 2 saturated heterocycles. The van der Waals surface area contributed by atoms with Crippen molar-refractivity contribution in [3.05, 3.63) is 83.7 Å². The summed E-state index contributed by atoms with van der Waals surface area (Å²) in [4.78, 5) is 0. The van der Waals surface area contributed by atoms with Crippen LogP contribution in [0.25, 0.3) is 10.8 Å². The van der Waals surface area contributed by atoms with Gasteiger partial charge in [0.05, 0.1) is 25.9 Å². The monoisotopic (exact) mass is 363 g/mol. The Balaban J connectivity index is 1.36. The zero-order valence-corrected chi connectivity index (χ0v) is 15.0. The molecule has 27 heavy (non-hydrogen) atoms. The highest BCUT2D eigenvalue weighted by molar-refractivity contribution is 5.83. The normalized spacial score (nSPS) is 28.0. The highest BCUT2D eigenvalue weighted by atomic mass is 19.1. The van der Waals surface area contributed by atoms with Crippen LogP contribution in [0, 0.1) is 5.82 Å². The predicted octanol–water partition coefficient (Wildman–Crippen LogP) is 4.54. The Morgan fingerprint density at radius 3 is 2.52 bits per heavy atom. The highest BCUT2D eigenvalue weighted by Gasteiger charge is 2.45. The molecular weight excluding hydrogens is 341 g/mol. The van der Waals surface area contributed by atoms with E-state index in [1.807, 2.05) is 12.1 Å². The van der Waals surface area contributed by atoms with E-state index in [9.17, 15) is 4.39 Å². The molecule has 1 unspecified atom stereocenters. The molecule has 3 nitrogen and oxygen atoms in total. The maximum Gasteiger partial charge on any atom is 0.144 e. The zero-order valence-electron chi connectivity index (χ0n) is 15.0. The molecule has 0 aliphatic carbocycles. The van der Waals surface area contributed by atoms with E-state index in [1.54, 1.807) is 0 Å². The molecule has 0 saturated carbocycles. The fraction of sp³-hybridized carbons (Fsp3) is 0.304. The second-order valence-electron chi connectivity index (χ2n) is 7.58.